The third-order valence-electron chi connectivity index (χ3n) is 4.26. The maximum atomic E-state index is 14.4. The quantitative estimate of drug-likeness (QED) is 0.532. The summed E-state index contributed by atoms with van der Waals surface area (Å²) >= 11 is 0. The first-order valence-electron chi connectivity index (χ1n) is 7.86. The van der Waals surface area contributed by atoms with E-state index in [2.05, 4.69) is 15.0 Å². The van der Waals surface area contributed by atoms with E-state index in [9.17, 15) is 13.2 Å². The van der Waals surface area contributed by atoms with Crippen LogP contribution >= 0.6 is 0 Å². The first-order chi connectivity index (χ1) is 12.5. The Labute approximate surface area is 147 Å². The lowest BCUT2D eigenvalue weighted by molar-refractivity contribution is 0.589. The lowest BCUT2D eigenvalue weighted by Crippen LogP contribution is -2.04. The highest BCUT2D eigenvalue weighted by Gasteiger charge is 2.19. The number of aryl methyl sites for hydroxylation is 2. The zero-order valence-corrected chi connectivity index (χ0v) is 14.0. The molecule has 0 atom stereocenters. The zero-order chi connectivity index (χ0) is 18.4. The van der Waals surface area contributed by atoms with Crippen LogP contribution in [0.3, 0.4) is 0 Å². The number of imidazole rings is 1. The zero-order valence-electron chi connectivity index (χ0n) is 14.0. The lowest BCUT2D eigenvalue weighted by Gasteiger charge is -2.14. The second-order valence-corrected chi connectivity index (χ2v) is 5.99. The fourth-order valence-electron chi connectivity index (χ4n) is 3.09. The normalized spacial score (nSPS) is 11.3. The van der Waals surface area contributed by atoms with Crippen LogP contribution < -0.4 is 0 Å². The van der Waals surface area contributed by atoms with E-state index in [0.29, 0.717) is 22.6 Å². The van der Waals surface area contributed by atoms with E-state index >= 15 is 0 Å². The lowest BCUT2D eigenvalue weighted by atomic mass is 9.99. The highest BCUT2D eigenvalue weighted by atomic mass is 19.1. The van der Waals surface area contributed by atoms with Crippen molar-refractivity contribution in [2.45, 2.75) is 13.8 Å². The molecule has 0 radical (unpaired) electrons. The molecule has 7 heteroatoms. The molecular formula is C19H13F3N4. The van der Waals surface area contributed by atoms with Gasteiger partial charge in [-0.25, -0.2) is 28.1 Å². The van der Waals surface area contributed by atoms with Gasteiger partial charge in [-0.2, -0.15) is 0 Å². The first-order valence-corrected chi connectivity index (χ1v) is 7.86. The van der Waals surface area contributed by atoms with Gasteiger partial charge in [0.1, 0.15) is 35.6 Å². The van der Waals surface area contributed by atoms with Crippen molar-refractivity contribution in [1.82, 2.24) is 19.5 Å². The molecule has 0 saturated heterocycles. The van der Waals surface area contributed by atoms with Gasteiger partial charge >= 0.3 is 0 Å². The Bertz CT molecular complexity index is 1150. The van der Waals surface area contributed by atoms with E-state index in [-0.39, 0.29) is 16.9 Å². The minimum Gasteiger partial charge on any atom is -0.279 e. The summed E-state index contributed by atoms with van der Waals surface area (Å²) in [7, 11) is 0. The number of rotatable bonds is 2. The molecule has 0 fully saturated rings. The van der Waals surface area contributed by atoms with Crippen molar-refractivity contribution < 1.29 is 13.2 Å². The third kappa shape index (κ3) is 2.52. The van der Waals surface area contributed by atoms with Gasteiger partial charge < -0.3 is 0 Å². The summed E-state index contributed by atoms with van der Waals surface area (Å²) < 4.78 is 42.8. The molecule has 2 aromatic heterocycles. The highest BCUT2D eigenvalue weighted by Crippen LogP contribution is 2.32. The predicted octanol–water partition coefficient (Wildman–Crippen LogP) is 4.52. The second-order valence-electron chi connectivity index (χ2n) is 5.99. The van der Waals surface area contributed by atoms with Crippen LogP contribution in [0.15, 0.2) is 43.0 Å². The van der Waals surface area contributed by atoms with Crippen molar-refractivity contribution in [2.75, 3.05) is 0 Å². The summed E-state index contributed by atoms with van der Waals surface area (Å²) in [5, 5.41) is 0. The summed E-state index contributed by atoms with van der Waals surface area (Å²) in [6.07, 6.45) is 2.75. The fourth-order valence-corrected chi connectivity index (χ4v) is 3.09. The molecule has 0 spiro atoms. The maximum Gasteiger partial charge on any atom is 0.152 e. The van der Waals surface area contributed by atoms with E-state index in [4.69, 9.17) is 0 Å². The highest BCUT2D eigenvalue weighted by molar-refractivity contribution is 5.82. The Balaban J connectivity index is 2.04. The minimum atomic E-state index is -0.740. The molecule has 2 heterocycles. The van der Waals surface area contributed by atoms with Gasteiger partial charge in [-0.05, 0) is 37.1 Å². The van der Waals surface area contributed by atoms with Gasteiger partial charge in [0.25, 0.3) is 0 Å². The van der Waals surface area contributed by atoms with Crippen molar-refractivity contribution in [3.63, 3.8) is 0 Å². The average Bonchev–Trinajstić information content (AvgIpc) is 2.99. The molecule has 0 bridgehead atoms. The van der Waals surface area contributed by atoms with E-state index in [1.54, 1.807) is 19.9 Å². The number of nitrogens with zero attached hydrogens (tertiary/aromatic N) is 4. The van der Waals surface area contributed by atoms with E-state index in [0.717, 1.165) is 17.7 Å². The van der Waals surface area contributed by atoms with E-state index in [1.807, 2.05) is 0 Å². The van der Waals surface area contributed by atoms with E-state index < -0.39 is 11.6 Å². The molecule has 0 saturated carbocycles. The largest absolute Gasteiger partial charge is 0.279 e. The Morgan fingerprint density at radius 3 is 2.46 bits per heavy atom. The summed E-state index contributed by atoms with van der Waals surface area (Å²) in [5.41, 5.74) is 3.00. The van der Waals surface area contributed by atoms with Crippen LogP contribution in [0.5, 0.6) is 0 Å². The minimum absolute atomic E-state index is 0.116. The SMILES string of the molecule is Cc1cc(F)ccc1-c1c(C)ncnc1-n1cnc2cc(F)cc(F)c21. The van der Waals surface area contributed by atoms with Crippen molar-refractivity contribution >= 4 is 11.0 Å². The van der Waals surface area contributed by atoms with Crippen LogP contribution in [0, 0.1) is 31.3 Å². The molecular weight excluding hydrogens is 341 g/mol. The predicted molar refractivity (Wildman–Crippen MR) is 91.4 cm³/mol. The first kappa shape index (κ1) is 16.3. The molecule has 0 aliphatic heterocycles. The molecule has 0 N–H and O–H groups in total. The van der Waals surface area contributed by atoms with Crippen LogP contribution in [0.1, 0.15) is 11.3 Å². The van der Waals surface area contributed by atoms with Crippen molar-refractivity contribution in [2.24, 2.45) is 0 Å². The van der Waals surface area contributed by atoms with Crippen molar-refractivity contribution in [3.05, 3.63) is 71.7 Å². The summed E-state index contributed by atoms with van der Waals surface area (Å²) in [4.78, 5) is 12.6. The molecule has 4 aromatic rings. The van der Waals surface area contributed by atoms with Crippen LogP contribution in [0.4, 0.5) is 13.2 Å². The smallest absolute Gasteiger partial charge is 0.152 e. The monoisotopic (exact) mass is 354 g/mol. The van der Waals surface area contributed by atoms with Crippen LogP contribution in [-0.4, -0.2) is 19.5 Å². The molecule has 4 nitrogen and oxygen atoms in total. The van der Waals surface area contributed by atoms with Gasteiger partial charge in [-0.1, -0.05) is 6.07 Å². The van der Waals surface area contributed by atoms with Crippen LogP contribution in [0.2, 0.25) is 0 Å². The Kier molecular flexibility index (Phi) is 3.72. The van der Waals surface area contributed by atoms with E-state index in [1.165, 1.54) is 29.4 Å². The number of aromatic nitrogens is 4. The topological polar surface area (TPSA) is 43.6 Å². The standard InChI is InChI=1S/C19H13F3N4/c1-10-5-12(20)3-4-14(10)17-11(2)23-8-24-19(17)26-9-25-16-7-13(21)6-15(22)18(16)26/h3-9H,1-2H3. The number of benzene rings is 2. The second kappa shape index (κ2) is 5.94. The van der Waals surface area contributed by atoms with Gasteiger partial charge in [0.05, 0.1) is 11.2 Å². The van der Waals surface area contributed by atoms with Gasteiger partial charge in [0.2, 0.25) is 0 Å². The average molecular weight is 354 g/mol. The van der Waals surface area contributed by atoms with Crippen LogP contribution in [0.25, 0.3) is 28.0 Å². The maximum absolute atomic E-state index is 14.4. The van der Waals surface area contributed by atoms with Gasteiger partial charge in [0, 0.05) is 17.7 Å². The molecule has 4 rings (SSSR count). The number of fused-ring (bicyclic) bond motifs is 1. The summed E-state index contributed by atoms with van der Waals surface area (Å²) in [6, 6.07) is 6.35. The Morgan fingerprint density at radius 1 is 0.885 bits per heavy atom. The van der Waals surface area contributed by atoms with Crippen LogP contribution in [-0.2, 0) is 0 Å². The van der Waals surface area contributed by atoms with Gasteiger partial charge in [-0.3, -0.25) is 4.57 Å². The summed E-state index contributed by atoms with van der Waals surface area (Å²) in [6.45, 7) is 3.56. The Morgan fingerprint density at radius 2 is 1.69 bits per heavy atom. The molecule has 2 aromatic carbocycles. The molecule has 0 amide bonds. The summed E-state index contributed by atoms with van der Waals surface area (Å²) in [5.74, 6) is -1.40. The van der Waals surface area contributed by atoms with Crippen molar-refractivity contribution in [1.29, 1.82) is 0 Å². The molecule has 0 aliphatic rings. The van der Waals surface area contributed by atoms with Gasteiger partial charge in [0.15, 0.2) is 5.82 Å². The molecule has 0 unspecified atom stereocenters. The Hall–Kier alpha value is -3.22. The van der Waals surface area contributed by atoms with Gasteiger partial charge in [-0.15, -0.1) is 0 Å². The number of hydrogen-bond donors (Lipinski definition) is 0. The fraction of sp³-hybridized carbons (Fsp3) is 0.105. The third-order valence-corrected chi connectivity index (χ3v) is 4.26. The van der Waals surface area contributed by atoms with Crippen molar-refractivity contribution in [3.8, 4) is 16.9 Å². The molecule has 130 valence electrons. The number of halogens is 3. The molecule has 0 aliphatic carbocycles. The molecule has 26 heavy (non-hydrogen) atoms. The number of hydrogen-bond acceptors (Lipinski definition) is 3.